The molecule has 0 bridgehead atoms. The number of morpholine rings is 4. The van der Waals surface area contributed by atoms with E-state index in [0.29, 0.717) is 42.1 Å². The molecular formula is C37H59N7O4P2S2. The minimum atomic E-state index is -2.36. The van der Waals surface area contributed by atoms with Crippen molar-refractivity contribution in [1.29, 1.82) is 0 Å². The highest BCUT2D eigenvalue weighted by Crippen LogP contribution is 2.67. The molecule has 1 saturated carbocycles. The fourth-order valence-corrected chi connectivity index (χ4v) is 19.4. The molecule has 0 N–H and O–H groups in total. The van der Waals surface area contributed by atoms with Crippen LogP contribution in [-0.2, 0) is 18.9 Å². The second-order valence-electron chi connectivity index (χ2n) is 15.5. The van der Waals surface area contributed by atoms with Crippen molar-refractivity contribution in [3.8, 4) is 0 Å². The molecule has 5 aliphatic rings. The first-order valence-electron chi connectivity index (χ1n) is 19.4. The lowest BCUT2D eigenvalue weighted by Gasteiger charge is -2.52. The number of thiocarbonyl (C=S) groups is 2. The van der Waals surface area contributed by atoms with Gasteiger partial charge in [0.1, 0.15) is 19.7 Å². The van der Waals surface area contributed by atoms with E-state index in [1.54, 1.807) is 0 Å². The molecule has 0 radical (unpaired) electrons. The van der Waals surface area contributed by atoms with Crippen molar-refractivity contribution >= 4 is 54.6 Å². The summed E-state index contributed by atoms with van der Waals surface area (Å²) >= 11 is 13.1. The first kappa shape index (κ1) is 39.3. The van der Waals surface area contributed by atoms with Gasteiger partial charge in [-0.25, -0.2) is 9.49 Å². The lowest BCUT2D eigenvalue weighted by atomic mass is 10.0. The van der Waals surface area contributed by atoms with Crippen LogP contribution in [0.25, 0.3) is 5.52 Å². The molecule has 4 aliphatic heterocycles. The molecule has 2 aromatic rings. The van der Waals surface area contributed by atoms with E-state index in [9.17, 15) is 0 Å². The fraction of sp³-hybridized carbons (Fsp3) is 0.730. The third-order valence-electron chi connectivity index (χ3n) is 11.5. The van der Waals surface area contributed by atoms with E-state index < -0.39 is 14.7 Å². The van der Waals surface area contributed by atoms with Gasteiger partial charge < -0.3 is 23.3 Å². The van der Waals surface area contributed by atoms with Crippen LogP contribution in [0.3, 0.4) is 0 Å². The number of fused-ring (bicyclic) bond motifs is 1. The van der Waals surface area contributed by atoms with E-state index in [1.807, 2.05) is 0 Å². The summed E-state index contributed by atoms with van der Waals surface area (Å²) in [5.41, 5.74) is 4.55. The van der Waals surface area contributed by atoms with Crippen LogP contribution in [0.1, 0.15) is 69.7 Å². The van der Waals surface area contributed by atoms with Gasteiger partial charge >= 0.3 is 0 Å². The first-order chi connectivity index (χ1) is 25.2. The first-order valence-corrected chi connectivity index (χ1v) is 23.6. The van der Waals surface area contributed by atoms with Crippen LogP contribution in [0.2, 0.25) is 0 Å². The van der Waals surface area contributed by atoms with E-state index in [0.717, 1.165) is 101 Å². The van der Waals surface area contributed by atoms with Gasteiger partial charge in [0.25, 0.3) is 0 Å². The molecule has 0 spiro atoms. The zero-order valence-electron chi connectivity index (χ0n) is 31.7. The van der Waals surface area contributed by atoms with Crippen molar-refractivity contribution in [2.45, 2.75) is 70.6 Å². The van der Waals surface area contributed by atoms with E-state index >= 15 is 0 Å². The maximum Gasteiger partial charge on any atom is 0.151 e. The quantitative estimate of drug-likeness (QED) is 0.214. The molecule has 0 amide bonds. The molecule has 52 heavy (non-hydrogen) atoms. The van der Waals surface area contributed by atoms with Crippen molar-refractivity contribution in [3.63, 3.8) is 0 Å². The van der Waals surface area contributed by atoms with Gasteiger partial charge in [0.05, 0.1) is 64.1 Å². The number of aromatic nitrogens is 1. The summed E-state index contributed by atoms with van der Waals surface area (Å²) in [5.74, 6) is 0. The molecule has 5 fully saturated rings. The molecule has 4 saturated heterocycles. The normalized spacial score (nSPS) is 23.2. The van der Waals surface area contributed by atoms with Crippen molar-refractivity contribution in [3.05, 3.63) is 41.2 Å². The SMILES string of the molecule is Cc1c(C(=S)N=P(N2CCOCC2)(N2CCOCC2)C(C)(C)C)c2ccccn2c1C(=S)N=P(C1CCCCC1)(N1CCOCC1)N1CCOCC1. The van der Waals surface area contributed by atoms with Gasteiger partial charge in [0.15, 0.2) is 4.99 Å². The molecule has 0 aromatic carbocycles. The van der Waals surface area contributed by atoms with Crippen molar-refractivity contribution in [2.75, 3.05) is 105 Å². The van der Waals surface area contributed by atoms with Crippen LogP contribution in [0, 0.1) is 6.92 Å². The number of nitrogens with zero attached hydrogens (tertiary/aromatic N) is 7. The highest BCUT2D eigenvalue weighted by atomic mass is 32.1. The Kier molecular flexibility index (Phi) is 12.9. The Balaban J connectivity index is 1.40. The summed E-state index contributed by atoms with van der Waals surface area (Å²) in [6, 6.07) is 6.36. The van der Waals surface area contributed by atoms with Crippen LogP contribution >= 0.6 is 39.1 Å². The summed E-state index contributed by atoms with van der Waals surface area (Å²) < 4.78 is 48.2. The Morgan fingerprint density at radius 1 is 0.673 bits per heavy atom. The number of ether oxygens (including phenoxy) is 4. The molecule has 1 aliphatic carbocycles. The summed E-state index contributed by atoms with van der Waals surface area (Å²) in [6.45, 7) is 21.9. The van der Waals surface area contributed by atoms with Crippen LogP contribution in [0.15, 0.2) is 33.9 Å². The lowest BCUT2D eigenvalue weighted by molar-refractivity contribution is 0.0551. The van der Waals surface area contributed by atoms with Gasteiger partial charge in [-0.1, -0.05) is 70.5 Å². The Bertz CT molecular complexity index is 1620. The van der Waals surface area contributed by atoms with E-state index in [-0.39, 0.29) is 5.16 Å². The Hall–Kier alpha value is -0.920. The second kappa shape index (κ2) is 17.1. The van der Waals surface area contributed by atoms with Crippen molar-refractivity contribution in [1.82, 2.24) is 23.1 Å². The van der Waals surface area contributed by atoms with Gasteiger partial charge in [0, 0.05) is 74.9 Å². The smallest absolute Gasteiger partial charge is 0.151 e. The molecule has 2 aromatic heterocycles. The molecule has 6 heterocycles. The number of rotatable bonds is 7. The van der Waals surface area contributed by atoms with Gasteiger partial charge in [-0.15, -0.1) is 0 Å². The number of hydrogen-bond donors (Lipinski definition) is 0. The van der Waals surface area contributed by atoms with Gasteiger partial charge in [0.2, 0.25) is 0 Å². The minimum absolute atomic E-state index is 0.150. The third-order valence-corrected chi connectivity index (χ3v) is 21.5. The summed E-state index contributed by atoms with van der Waals surface area (Å²) in [6.07, 6.45) is 8.32. The lowest BCUT2D eigenvalue weighted by Crippen LogP contribution is -2.48. The Labute approximate surface area is 322 Å². The Morgan fingerprint density at radius 3 is 1.63 bits per heavy atom. The molecule has 288 valence electrons. The molecule has 11 nitrogen and oxygen atoms in total. The highest BCUT2D eigenvalue weighted by Gasteiger charge is 2.47. The van der Waals surface area contributed by atoms with Crippen LogP contribution in [0.4, 0.5) is 0 Å². The van der Waals surface area contributed by atoms with Crippen LogP contribution in [-0.4, -0.2) is 149 Å². The standard InChI is InChI=1S/C37H59N7O4P2S2/c1-30-33(35(51)39-50(37(2,3)4,42-18-26-47-27-19-42)43-20-28-48-29-21-43)32-12-8-9-13-44(32)34(30)36(52)38-49(31-10-6-5-7-11-31,40-14-22-45-23-15-40)41-16-24-46-25-17-41/h8-9,12-13,31H,5-7,10-11,14-29H2,1-4H3. The fourth-order valence-electron chi connectivity index (χ4n) is 9.17. The summed E-state index contributed by atoms with van der Waals surface area (Å²) in [7, 11) is -4.62. The topological polar surface area (TPSA) is 79.0 Å². The monoisotopic (exact) mass is 791 g/mol. The average Bonchev–Trinajstić information content (AvgIpc) is 3.49. The molecule has 15 heteroatoms. The molecule has 7 rings (SSSR count). The summed E-state index contributed by atoms with van der Waals surface area (Å²) in [5, 5.41) is -0.150. The van der Waals surface area contributed by atoms with E-state index in [4.69, 9.17) is 52.9 Å². The minimum Gasteiger partial charge on any atom is -0.379 e. The third kappa shape index (κ3) is 7.49. The van der Waals surface area contributed by atoms with Gasteiger partial charge in [-0.05, 0) is 37.5 Å². The maximum atomic E-state index is 6.58. The number of pyridine rings is 1. The van der Waals surface area contributed by atoms with Gasteiger partial charge in [-0.2, -0.15) is 0 Å². The van der Waals surface area contributed by atoms with Crippen molar-refractivity contribution in [2.24, 2.45) is 9.49 Å². The van der Waals surface area contributed by atoms with Gasteiger partial charge in [-0.3, -0.25) is 18.7 Å². The predicted octanol–water partition coefficient (Wildman–Crippen LogP) is 7.12. The zero-order chi connectivity index (χ0) is 36.3. The summed E-state index contributed by atoms with van der Waals surface area (Å²) in [4.78, 5) is 1.34. The van der Waals surface area contributed by atoms with E-state index in [2.05, 4.69) is 75.2 Å². The highest BCUT2D eigenvalue weighted by molar-refractivity contribution is 7.82. The number of hydrogen-bond acceptors (Lipinski definition) is 6. The molecule has 0 unspecified atom stereocenters. The maximum absolute atomic E-state index is 6.58. The average molecular weight is 792 g/mol. The van der Waals surface area contributed by atoms with Crippen LogP contribution in [0.5, 0.6) is 0 Å². The largest absolute Gasteiger partial charge is 0.379 e. The molecular weight excluding hydrogens is 733 g/mol. The van der Waals surface area contributed by atoms with Crippen molar-refractivity contribution < 1.29 is 18.9 Å². The zero-order valence-corrected chi connectivity index (χ0v) is 35.1. The predicted molar refractivity (Wildman–Crippen MR) is 220 cm³/mol. The second-order valence-corrected chi connectivity index (χ2v) is 23.4. The van der Waals surface area contributed by atoms with E-state index in [1.165, 1.54) is 32.1 Å². The van der Waals surface area contributed by atoms with Crippen LogP contribution < -0.4 is 0 Å². The molecule has 0 atom stereocenters. The Morgan fingerprint density at radius 2 is 1.15 bits per heavy atom.